The minimum Gasteiger partial charge on any atom is -0.463 e. The molecule has 2 amide bonds. The van der Waals surface area contributed by atoms with E-state index in [9.17, 15) is 9.59 Å². The Hall–Kier alpha value is -2.24. The summed E-state index contributed by atoms with van der Waals surface area (Å²) in [5.41, 5.74) is 1.34. The van der Waals surface area contributed by atoms with Crippen LogP contribution in [0.3, 0.4) is 0 Å². The third kappa shape index (κ3) is 3.46. The maximum Gasteiger partial charge on any atom is 0.271 e. The molecule has 3 aliphatic rings. The molecule has 2 saturated carbocycles. The maximum atomic E-state index is 14.0. The Morgan fingerprint density at radius 2 is 1.84 bits per heavy atom. The molecule has 2 aromatic rings. The summed E-state index contributed by atoms with van der Waals surface area (Å²) in [4.78, 5) is 29.9. The quantitative estimate of drug-likeness (QED) is 0.676. The molecule has 4 atom stereocenters. The molecular formula is C26H37N3O3. The summed E-state index contributed by atoms with van der Waals surface area (Å²) in [6.45, 7) is 6.99. The van der Waals surface area contributed by atoms with Crippen molar-refractivity contribution in [3.8, 4) is 0 Å². The SMILES string of the molecule is CC1CCCC(NC(=O)C2(C)Cn3c(cc4occc43)C(=O)N2C2CCCCCC2)C1C. The van der Waals surface area contributed by atoms with Gasteiger partial charge >= 0.3 is 0 Å². The fourth-order valence-corrected chi connectivity index (χ4v) is 6.43. The average molecular weight is 440 g/mol. The van der Waals surface area contributed by atoms with Crippen LogP contribution < -0.4 is 5.32 Å². The number of hydrogen-bond acceptors (Lipinski definition) is 3. The molecule has 1 N–H and O–H groups in total. The van der Waals surface area contributed by atoms with Gasteiger partial charge in [-0.2, -0.15) is 0 Å². The Bertz CT molecular complexity index is 999. The Labute approximate surface area is 190 Å². The van der Waals surface area contributed by atoms with Crippen LogP contribution in [0.4, 0.5) is 0 Å². The number of fused-ring (bicyclic) bond motifs is 3. The second-order valence-electron chi connectivity index (χ2n) is 10.7. The first-order chi connectivity index (χ1) is 15.4. The molecule has 0 saturated heterocycles. The van der Waals surface area contributed by atoms with Crippen LogP contribution in [0, 0.1) is 11.8 Å². The molecule has 174 valence electrons. The first kappa shape index (κ1) is 21.6. The number of amides is 2. The molecule has 2 aromatic heterocycles. The van der Waals surface area contributed by atoms with Gasteiger partial charge in [0.1, 0.15) is 11.2 Å². The number of furan rings is 1. The molecule has 2 fully saturated rings. The minimum absolute atomic E-state index is 0.00274. The van der Waals surface area contributed by atoms with Crippen LogP contribution in [-0.2, 0) is 11.3 Å². The van der Waals surface area contributed by atoms with Crippen LogP contribution in [0.15, 0.2) is 22.8 Å². The second-order valence-corrected chi connectivity index (χ2v) is 10.7. The van der Waals surface area contributed by atoms with Gasteiger partial charge in [0.15, 0.2) is 5.58 Å². The number of aromatic nitrogens is 1. The van der Waals surface area contributed by atoms with Gasteiger partial charge < -0.3 is 19.2 Å². The lowest BCUT2D eigenvalue weighted by atomic mass is 9.77. The van der Waals surface area contributed by atoms with Crippen molar-refractivity contribution in [3.05, 3.63) is 24.1 Å². The van der Waals surface area contributed by atoms with Crippen molar-refractivity contribution in [2.24, 2.45) is 11.8 Å². The minimum atomic E-state index is -0.914. The first-order valence-corrected chi connectivity index (χ1v) is 12.6. The summed E-state index contributed by atoms with van der Waals surface area (Å²) in [6, 6.07) is 4.04. The molecule has 0 bridgehead atoms. The molecular weight excluding hydrogens is 402 g/mol. The molecule has 6 heteroatoms. The van der Waals surface area contributed by atoms with Gasteiger partial charge in [-0.15, -0.1) is 0 Å². The van der Waals surface area contributed by atoms with Gasteiger partial charge in [0, 0.05) is 24.2 Å². The molecule has 32 heavy (non-hydrogen) atoms. The molecule has 0 radical (unpaired) electrons. The Morgan fingerprint density at radius 1 is 1.09 bits per heavy atom. The van der Waals surface area contributed by atoms with E-state index in [1.807, 2.05) is 28.5 Å². The zero-order valence-electron chi connectivity index (χ0n) is 19.7. The molecule has 5 rings (SSSR count). The summed E-state index contributed by atoms with van der Waals surface area (Å²) in [6.07, 6.45) is 11.7. The van der Waals surface area contributed by atoms with Gasteiger partial charge in [-0.1, -0.05) is 52.4 Å². The monoisotopic (exact) mass is 439 g/mol. The zero-order valence-corrected chi connectivity index (χ0v) is 19.7. The van der Waals surface area contributed by atoms with E-state index in [-0.39, 0.29) is 23.9 Å². The van der Waals surface area contributed by atoms with E-state index in [1.165, 1.54) is 19.3 Å². The smallest absolute Gasteiger partial charge is 0.271 e. The van der Waals surface area contributed by atoms with E-state index >= 15 is 0 Å². The topological polar surface area (TPSA) is 67.5 Å². The highest BCUT2D eigenvalue weighted by Crippen LogP contribution is 2.38. The normalized spacial score (nSPS) is 32.0. The molecule has 3 heterocycles. The third-order valence-electron chi connectivity index (χ3n) is 8.66. The van der Waals surface area contributed by atoms with Gasteiger partial charge in [0.2, 0.25) is 5.91 Å². The molecule has 1 aliphatic heterocycles. The number of carbonyl (C=O) groups excluding carboxylic acids is 2. The van der Waals surface area contributed by atoms with Crippen LogP contribution in [-0.4, -0.2) is 38.9 Å². The van der Waals surface area contributed by atoms with E-state index in [4.69, 9.17) is 4.42 Å². The fraction of sp³-hybridized carbons (Fsp3) is 0.692. The highest BCUT2D eigenvalue weighted by Gasteiger charge is 2.51. The van der Waals surface area contributed by atoms with Crippen LogP contribution in [0.25, 0.3) is 11.1 Å². The van der Waals surface area contributed by atoms with E-state index in [1.54, 1.807) is 6.26 Å². The van der Waals surface area contributed by atoms with Crippen molar-refractivity contribution < 1.29 is 14.0 Å². The van der Waals surface area contributed by atoms with Gasteiger partial charge in [0.05, 0.1) is 18.3 Å². The van der Waals surface area contributed by atoms with E-state index in [2.05, 4.69) is 19.2 Å². The lowest BCUT2D eigenvalue weighted by Crippen LogP contribution is -2.67. The Balaban J connectivity index is 1.52. The lowest BCUT2D eigenvalue weighted by molar-refractivity contribution is -0.136. The van der Waals surface area contributed by atoms with Crippen molar-refractivity contribution in [1.29, 1.82) is 0 Å². The summed E-state index contributed by atoms with van der Waals surface area (Å²) >= 11 is 0. The van der Waals surface area contributed by atoms with Crippen molar-refractivity contribution in [3.63, 3.8) is 0 Å². The summed E-state index contributed by atoms with van der Waals surface area (Å²) in [5, 5.41) is 3.41. The zero-order chi connectivity index (χ0) is 22.5. The van der Waals surface area contributed by atoms with Crippen molar-refractivity contribution in [2.45, 2.75) is 103 Å². The summed E-state index contributed by atoms with van der Waals surface area (Å²) < 4.78 is 7.60. The standard InChI is InChI=1S/C26H37N3O3/c1-17-9-8-12-20(18(17)2)27-25(31)26(3)16-28-21-13-14-32-23(21)15-22(28)24(30)29(26)19-10-6-4-5-7-11-19/h13-15,17-20H,4-12,16H2,1-3H3,(H,27,31). The summed E-state index contributed by atoms with van der Waals surface area (Å²) in [7, 11) is 0. The van der Waals surface area contributed by atoms with Crippen molar-refractivity contribution >= 4 is 22.9 Å². The number of nitrogens with zero attached hydrogens (tertiary/aromatic N) is 2. The van der Waals surface area contributed by atoms with Crippen molar-refractivity contribution in [1.82, 2.24) is 14.8 Å². The summed E-state index contributed by atoms with van der Waals surface area (Å²) in [5.74, 6) is 1.02. The van der Waals surface area contributed by atoms with Gasteiger partial charge in [-0.25, -0.2) is 0 Å². The highest BCUT2D eigenvalue weighted by molar-refractivity contribution is 6.03. The van der Waals surface area contributed by atoms with Crippen molar-refractivity contribution in [2.75, 3.05) is 0 Å². The number of hydrogen-bond donors (Lipinski definition) is 1. The van der Waals surface area contributed by atoms with Crippen LogP contribution in [0.2, 0.25) is 0 Å². The third-order valence-corrected chi connectivity index (χ3v) is 8.66. The fourth-order valence-electron chi connectivity index (χ4n) is 6.43. The Morgan fingerprint density at radius 3 is 2.59 bits per heavy atom. The first-order valence-electron chi connectivity index (χ1n) is 12.6. The maximum absolute atomic E-state index is 14.0. The predicted octanol–water partition coefficient (Wildman–Crippen LogP) is 5.11. The van der Waals surface area contributed by atoms with Crippen LogP contribution in [0.5, 0.6) is 0 Å². The van der Waals surface area contributed by atoms with E-state index < -0.39 is 5.54 Å². The largest absolute Gasteiger partial charge is 0.463 e. The molecule has 6 nitrogen and oxygen atoms in total. The van der Waals surface area contributed by atoms with Crippen LogP contribution in [0.1, 0.15) is 89.0 Å². The Kier molecular flexibility index (Phi) is 5.58. The van der Waals surface area contributed by atoms with E-state index in [0.29, 0.717) is 29.7 Å². The van der Waals surface area contributed by atoms with Gasteiger partial charge in [-0.3, -0.25) is 9.59 Å². The van der Waals surface area contributed by atoms with E-state index in [0.717, 1.165) is 44.0 Å². The molecule has 4 unspecified atom stereocenters. The average Bonchev–Trinajstić information content (AvgIpc) is 3.25. The second kappa shape index (κ2) is 8.27. The molecule has 0 spiro atoms. The van der Waals surface area contributed by atoms with Gasteiger partial charge in [-0.05, 0) is 38.0 Å². The van der Waals surface area contributed by atoms with Crippen LogP contribution >= 0.6 is 0 Å². The number of rotatable bonds is 3. The lowest BCUT2D eigenvalue weighted by Gasteiger charge is -2.49. The van der Waals surface area contributed by atoms with Gasteiger partial charge in [0.25, 0.3) is 5.91 Å². The number of nitrogens with one attached hydrogen (secondary N) is 1. The predicted molar refractivity (Wildman–Crippen MR) is 124 cm³/mol. The molecule has 0 aromatic carbocycles. The molecule has 2 aliphatic carbocycles. The highest BCUT2D eigenvalue weighted by atomic mass is 16.3. The number of carbonyl (C=O) groups is 2.